The van der Waals surface area contributed by atoms with Crippen LogP contribution in [-0.2, 0) is 52.4 Å². The highest BCUT2D eigenvalue weighted by atomic mass is 32.2. The summed E-state index contributed by atoms with van der Waals surface area (Å²) in [6, 6.07) is 29.2. The fraction of sp³-hybridized carbons (Fsp3) is 0.379. The Bertz CT molecular complexity index is 1110. The second-order valence-electron chi connectivity index (χ2n) is 8.99. The van der Waals surface area contributed by atoms with E-state index in [9.17, 15) is 4.21 Å². The largest absolute Gasteiger partial charge is 0.368 e. The number of ether oxygens (including phenoxy) is 6. The molecular weight excluding hydrogens is 492 g/mol. The SMILES string of the molecule is CO[C@H]1O[C@@H]2COC(CS(=O)c3ccccc3)O[C@@H]2[C@H](OCc2ccccc2)[C@H]1OCc1ccccc1. The molecule has 0 spiro atoms. The van der Waals surface area contributed by atoms with E-state index < -0.39 is 47.8 Å². The fourth-order valence-corrected chi connectivity index (χ4v) is 5.64. The molecule has 0 bridgehead atoms. The van der Waals surface area contributed by atoms with Gasteiger partial charge in [-0.25, -0.2) is 0 Å². The van der Waals surface area contributed by atoms with Gasteiger partial charge in [0, 0.05) is 12.0 Å². The van der Waals surface area contributed by atoms with Crippen molar-refractivity contribution in [2.24, 2.45) is 0 Å². The molecule has 7 atom stereocenters. The summed E-state index contributed by atoms with van der Waals surface area (Å²) < 4.78 is 49.9. The van der Waals surface area contributed by atoms with Crippen LogP contribution in [-0.4, -0.2) is 60.7 Å². The zero-order valence-corrected chi connectivity index (χ0v) is 21.5. The van der Waals surface area contributed by atoms with Gasteiger partial charge < -0.3 is 28.4 Å². The molecule has 7 nitrogen and oxygen atoms in total. The summed E-state index contributed by atoms with van der Waals surface area (Å²) in [6.45, 7) is 1.02. The minimum Gasteiger partial charge on any atom is -0.368 e. The zero-order chi connectivity index (χ0) is 25.5. The molecule has 196 valence electrons. The lowest BCUT2D eigenvalue weighted by atomic mass is 9.97. The molecule has 0 saturated carbocycles. The van der Waals surface area contributed by atoms with E-state index in [2.05, 4.69) is 0 Å². The van der Waals surface area contributed by atoms with Gasteiger partial charge in [-0.3, -0.25) is 4.21 Å². The summed E-state index contributed by atoms with van der Waals surface area (Å²) in [5, 5.41) is 0. The lowest BCUT2D eigenvalue weighted by Gasteiger charge is -2.48. The van der Waals surface area contributed by atoms with Gasteiger partial charge in [-0.15, -0.1) is 0 Å². The van der Waals surface area contributed by atoms with Gasteiger partial charge in [0.2, 0.25) is 0 Å². The number of hydrogen-bond acceptors (Lipinski definition) is 7. The molecule has 0 aliphatic carbocycles. The number of rotatable bonds is 10. The van der Waals surface area contributed by atoms with Crippen molar-refractivity contribution >= 4 is 10.8 Å². The Labute approximate surface area is 220 Å². The monoisotopic (exact) mass is 524 g/mol. The number of benzene rings is 3. The number of hydrogen-bond donors (Lipinski definition) is 0. The van der Waals surface area contributed by atoms with E-state index in [1.165, 1.54) is 0 Å². The molecule has 3 aromatic carbocycles. The first kappa shape index (κ1) is 26.2. The van der Waals surface area contributed by atoms with Gasteiger partial charge >= 0.3 is 0 Å². The molecule has 0 aromatic heterocycles. The Kier molecular flexibility index (Phi) is 9.12. The van der Waals surface area contributed by atoms with Gasteiger partial charge in [0.1, 0.15) is 24.4 Å². The molecule has 2 unspecified atom stereocenters. The summed E-state index contributed by atoms with van der Waals surface area (Å²) in [6.07, 6.45) is -3.26. The third-order valence-corrected chi connectivity index (χ3v) is 7.82. The van der Waals surface area contributed by atoms with E-state index in [1.807, 2.05) is 91.0 Å². The third-order valence-electron chi connectivity index (χ3n) is 6.44. The highest BCUT2D eigenvalue weighted by molar-refractivity contribution is 7.85. The van der Waals surface area contributed by atoms with Crippen molar-refractivity contribution in [3.63, 3.8) is 0 Å². The van der Waals surface area contributed by atoms with Crippen LogP contribution < -0.4 is 0 Å². The molecule has 5 rings (SSSR count). The second-order valence-corrected chi connectivity index (χ2v) is 10.5. The van der Waals surface area contributed by atoms with Crippen molar-refractivity contribution in [1.29, 1.82) is 0 Å². The van der Waals surface area contributed by atoms with E-state index in [1.54, 1.807) is 7.11 Å². The van der Waals surface area contributed by atoms with Crippen molar-refractivity contribution in [3.05, 3.63) is 102 Å². The van der Waals surface area contributed by atoms with Crippen molar-refractivity contribution in [2.75, 3.05) is 19.5 Å². The fourth-order valence-electron chi connectivity index (χ4n) is 4.56. The molecule has 2 saturated heterocycles. The van der Waals surface area contributed by atoms with E-state index in [4.69, 9.17) is 28.4 Å². The Balaban J connectivity index is 1.34. The maximum atomic E-state index is 12.9. The Morgan fingerprint density at radius 3 is 1.95 bits per heavy atom. The maximum absolute atomic E-state index is 12.9. The number of fused-ring (bicyclic) bond motifs is 1. The van der Waals surface area contributed by atoms with Crippen molar-refractivity contribution < 1.29 is 32.6 Å². The molecular formula is C29H32O7S. The van der Waals surface area contributed by atoms with Crippen LogP contribution in [0.2, 0.25) is 0 Å². The summed E-state index contributed by atoms with van der Waals surface area (Å²) in [4.78, 5) is 0.733. The molecule has 37 heavy (non-hydrogen) atoms. The number of methoxy groups -OCH3 is 1. The standard InChI is InChI=1S/C29H32O7S/c1-31-29-28(34-18-22-13-7-3-8-14-22)27(33-17-21-11-5-2-6-12-21)26-24(35-29)19-32-25(36-26)20-37(30)23-15-9-4-10-16-23/h2-16,24-29H,17-20H2,1H3/t24-,25?,26+,27+,28-,29+,37?/m1/s1. The van der Waals surface area contributed by atoms with Gasteiger partial charge in [0.25, 0.3) is 0 Å². The molecule has 2 aliphatic heterocycles. The van der Waals surface area contributed by atoms with Crippen molar-refractivity contribution in [3.8, 4) is 0 Å². The summed E-state index contributed by atoms with van der Waals surface area (Å²) in [7, 11) is 0.321. The average Bonchev–Trinajstić information content (AvgIpc) is 2.96. The maximum Gasteiger partial charge on any atom is 0.186 e. The van der Waals surface area contributed by atoms with Gasteiger partial charge in [0.05, 0.1) is 36.4 Å². The highest BCUT2D eigenvalue weighted by Crippen LogP contribution is 2.33. The Morgan fingerprint density at radius 1 is 0.784 bits per heavy atom. The molecule has 0 amide bonds. The smallest absolute Gasteiger partial charge is 0.186 e. The molecule has 8 heteroatoms. The van der Waals surface area contributed by atoms with E-state index in [-0.39, 0.29) is 12.4 Å². The van der Waals surface area contributed by atoms with Crippen molar-refractivity contribution in [2.45, 2.75) is 55.1 Å². The van der Waals surface area contributed by atoms with Gasteiger partial charge in [0.15, 0.2) is 12.6 Å². The topological polar surface area (TPSA) is 72.5 Å². The average molecular weight is 525 g/mol. The van der Waals surface area contributed by atoms with E-state index in [0.717, 1.165) is 16.0 Å². The first-order valence-corrected chi connectivity index (χ1v) is 13.7. The lowest BCUT2D eigenvalue weighted by Crippen LogP contribution is -2.64. The van der Waals surface area contributed by atoms with Crippen LogP contribution in [0.3, 0.4) is 0 Å². The van der Waals surface area contributed by atoms with Crippen LogP contribution in [0.5, 0.6) is 0 Å². The lowest BCUT2D eigenvalue weighted by molar-refractivity contribution is -0.363. The van der Waals surface area contributed by atoms with E-state index in [0.29, 0.717) is 13.2 Å². The zero-order valence-electron chi connectivity index (χ0n) is 20.7. The van der Waals surface area contributed by atoms with Crippen molar-refractivity contribution in [1.82, 2.24) is 0 Å². The first-order valence-electron chi connectivity index (χ1n) is 12.4. The van der Waals surface area contributed by atoms with Crippen LogP contribution in [0.1, 0.15) is 11.1 Å². The third kappa shape index (κ3) is 6.72. The van der Waals surface area contributed by atoms with Crippen LogP contribution >= 0.6 is 0 Å². The molecule has 0 N–H and O–H groups in total. The van der Waals surface area contributed by atoms with Crippen LogP contribution in [0.15, 0.2) is 95.9 Å². The molecule has 2 heterocycles. The molecule has 2 fully saturated rings. The first-order chi connectivity index (χ1) is 18.2. The van der Waals surface area contributed by atoms with Crippen LogP contribution in [0, 0.1) is 0 Å². The summed E-state index contributed by atoms with van der Waals surface area (Å²) in [5.41, 5.74) is 2.07. The molecule has 0 radical (unpaired) electrons. The predicted octanol–water partition coefficient (Wildman–Crippen LogP) is 4.08. The van der Waals surface area contributed by atoms with Gasteiger partial charge in [-0.1, -0.05) is 78.9 Å². The van der Waals surface area contributed by atoms with E-state index >= 15 is 0 Å². The predicted molar refractivity (Wildman–Crippen MR) is 138 cm³/mol. The van der Waals surface area contributed by atoms with Gasteiger partial charge in [-0.2, -0.15) is 0 Å². The minimum atomic E-state index is -1.27. The quantitative estimate of drug-likeness (QED) is 0.396. The Hall–Kier alpha value is -2.43. The van der Waals surface area contributed by atoms with Crippen LogP contribution in [0.25, 0.3) is 0 Å². The second kappa shape index (κ2) is 12.9. The highest BCUT2D eigenvalue weighted by Gasteiger charge is 2.51. The van der Waals surface area contributed by atoms with Gasteiger partial charge in [-0.05, 0) is 23.3 Å². The summed E-state index contributed by atoms with van der Waals surface area (Å²) in [5.74, 6) is 0.210. The Morgan fingerprint density at radius 2 is 1.35 bits per heavy atom. The summed E-state index contributed by atoms with van der Waals surface area (Å²) >= 11 is 0. The minimum absolute atomic E-state index is 0.210. The van der Waals surface area contributed by atoms with Crippen LogP contribution in [0.4, 0.5) is 0 Å². The molecule has 2 aliphatic rings. The normalized spacial score (nSPS) is 28.4. The molecule has 3 aromatic rings.